The maximum absolute atomic E-state index is 5.77. The van der Waals surface area contributed by atoms with Gasteiger partial charge in [0, 0.05) is 18.1 Å². The molecule has 108 valence electrons. The van der Waals surface area contributed by atoms with Crippen LogP contribution in [0, 0.1) is 0 Å². The molecule has 0 heterocycles. The van der Waals surface area contributed by atoms with E-state index >= 15 is 0 Å². The maximum atomic E-state index is 5.77. The van der Waals surface area contributed by atoms with E-state index in [2.05, 4.69) is 45.5 Å². The number of halogens is 1. The Bertz CT molecular complexity index is 545. The zero-order chi connectivity index (χ0) is 14.2. The summed E-state index contributed by atoms with van der Waals surface area (Å²) in [5.41, 5.74) is 0. The highest BCUT2D eigenvalue weighted by atomic mass is 79.9. The van der Waals surface area contributed by atoms with Crippen LogP contribution >= 0.6 is 15.9 Å². The number of benzene rings is 2. The van der Waals surface area contributed by atoms with Crippen LogP contribution in [-0.4, -0.2) is 33.4 Å². The van der Waals surface area contributed by atoms with Crippen molar-refractivity contribution in [1.29, 1.82) is 0 Å². The van der Waals surface area contributed by atoms with Crippen molar-refractivity contribution in [2.45, 2.75) is 6.42 Å². The molecule has 0 amide bonds. The Morgan fingerprint density at radius 1 is 1.00 bits per heavy atom. The van der Waals surface area contributed by atoms with Crippen molar-refractivity contribution in [3.05, 3.63) is 40.9 Å². The molecule has 3 nitrogen and oxygen atoms in total. The van der Waals surface area contributed by atoms with Gasteiger partial charge in [0.25, 0.3) is 0 Å². The fraction of sp³-hybridized carbons (Fsp3) is 0.375. The van der Waals surface area contributed by atoms with E-state index in [9.17, 15) is 0 Å². The molecule has 0 aliphatic rings. The van der Waals surface area contributed by atoms with Gasteiger partial charge in [0.15, 0.2) is 0 Å². The second kappa shape index (κ2) is 8.25. The maximum Gasteiger partial charge on any atom is 0.119 e. The summed E-state index contributed by atoms with van der Waals surface area (Å²) in [6.07, 6.45) is 0.988. The molecule has 0 aliphatic heterocycles. The first-order chi connectivity index (χ1) is 9.79. The minimum absolute atomic E-state index is 0.724. The second-order valence-corrected chi connectivity index (χ2v) is 5.51. The summed E-state index contributed by atoms with van der Waals surface area (Å²) in [7, 11) is 1.71. The van der Waals surface area contributed by atoms with Crippen molar-refractivity contribution < 1.29 is 9.47 Å². The predicted molar refractivity (Wildman–Crippen MR) is 86.5 cm³/mol. The molecule has 0 atom stereocenters. The lowest BCUT2D eigenvalue weighted by molar-refractivity contribution is 0.198. The summed E-state index contributed by atoms with van der Waals surface area (Å²) >= 11 is 3.48. The lowest BCUT2D eigenvalue weighted by Gasteiger charge is -2.08. The zero-order valence-electron chi connectivity index (χ0n) is 11.7. The van der Waals surface area contributed by atoms with E-state index in [0.29, 0.717) is 0 Å². The lowest BCUT2D eigenvalue weighted by atomic mass is 10.1. The summed E-state index contributed by atoms with van der Waals surface area (Å²) in [6.45, 7) is 3.31. The molecule has 0 saturated heterocycles. The number of ether oxygens (including phenoxy) is 2. The van der Waals surface area contributed by atoms with Crippen molar-refractivity contribution in [1.82, 2.24) is 5.32 Å². The van der Waals surface area contributed by atoms with Crippen LogP contribution in [0.3, 0.4) is 0 Å². The molecule has 2 rings (SSSR count). The fourth-order valence-corrected chi connectivity index (χ4v) is 2.35. The molecule has 1 N–H and O–H groups in total. The van der Waals surface area contributed by atoms with Gasteiger partial charge < -0.3 is 14.8 Å². The van der Waals surface area contributed by atoms with Crippen molar-refractivity contribution in [2.24, 2.45) is 0 Å². The molecule has 0 unspecified atom stereocenters. The molecular weight excluding hydrogens is 318 g/mol. The van der Waals surface area contributed by atoms with Gasteiger partial charge in [-0.05, 0) is 48.0 Å². The summed E-state index contributed by atoms with van der Waals surface area (Å²) in [4.78, 5) is 0. The Kier molecular flexibility index (Phi) is 6.30. The lowest BCUT2D eigenvalue weighted by Crippen LogP contribution is -2.21. The average Bonchev–Trinajstić information content (AvgIpc) is 2.46. The summed E-state index contributed by atoms with van der Waals surface area (Å²) in [5.74, 6) is 0.928. The molecule has 20 heavy (non-hydrogen) atoms. The summed E-state index contributed by atoms with van der Waals surface area (Å²) in [5, 5.41) is 5.71. The number of nitrogens with one attached hydrogen (secondary N) is 1. The van der Waals surface area contributed by atoms with E-state index in [0.717, 1.165) is 42.9 Å². The first kappa shape index (κ1) is 15.3. The molecule has 2 aromatic carbocycles. The summed E-state index contributed by atoms with van der Waals surface area (Å²) in [6, 6.07) is 12.4. The number of hydrogen-bond acceptors (Lipinski definition) is 3. The van der Waals surface area contributed by atoms with Crippen LogP contribution in [-0.2, 0) is 4.74 Å². The number of hydrogen-bond donors (Lipinski definition) is 1. The largest absolute Gasteiger partial charge is 0.494 e. The molecule has 0 saturated carbocycles. The highest BCUT2D eigenvalue weighted by Crippen LogP contribution is 2.24. The van der Waals surface area contributed by atoms with E-state index in [1.165, 1.54) is 10.8 Å². The summed E-state index contributed by atoms with van der Waals surface area (Å²) < 4.78 is 11.8. The van der Waals surface area contributed by atoms with Crippen LogP contribution in [0.2, 0.25) is 0 Å². The van der Waals surface area contributed by atoms with Crippen molar-refractivity contribution in [3.8, 4) is 5.75 Å². The third kappa shape index (κ3) is 4.78. The van der Waals surface area contributed by atoms with E-state index in [-0.39, 0.29) is 0 Å². The van der Waals surface area contributed by atoms with Crippen LogP contribution in [0.1, 0.15) is 6.42 Å². The van der Waals surface area contributed by atoms with Gasteiger partial charge in [-0.3, -0.25) is 0 Å². The first-order valence-electron chi connectivity index (χ1n) is 6.81. The van der Waals surface area contributed by atoms with E-state index in [1.54, 1.807) is 7.11 Å². The third-order valence-corrected chi connectivity index (χ3v) is 3.52. The molecule has 0 aromatic heterocycles. The SMILES string of the molecule is COCCNCCCOc1ccc2cc(Br)ccc2c1. The predicted octanol–water partition coefficient (Wildman–Crippen LogP) is 3.61. The molecular formula is C16H20BrNO2. The topological polar surface area (TPSA) is 30.5 Å². The highest BCUT2D eigenvalue weighted by Gasteiger charge is 1.98. The van der Waals surface area contributed by atoms with E-state index in [1.807, 2.05) is 12.1 Å². The van der Waals surface area contributed by atoms with Crippen LogP contribution in [0.4, 0.5) is 0 Å². The highest BCUT2D eigenvalue weighted by molar-refractivity contribution is 9.10. The van der Waals surface area contributed by atoms with Crippen LogP contribution in [0.5, 0.6) is 5.75 Å². The minimum Gasteiger partial charge on any atom is -0.494 e. The van der Waals surface area contributed by atoms with Crippen LogP contribution in [0.15, 0.2) is 40.9 Å². The van der Waals surface area contributed by atoms with Gasteiger partial charge in [0.05, 0.1) is 13.2 Å². The molecule has 0 spiro atoms. The number of fused-ring (bicyclic) bond motifs is 1. The fourth-order valence-electron chi connectivity index (χ4n) is 1.97. The Morgan fingerprint density at radius 2 is 1.80 bits per heavy atom. The smallest absolute Gasteiger partial charge is 0.119 e. The number of rotatable bonds is 8. The van der Waals surface area contributed by atoms with Gasteiger partial charge in [-0.25, -0.2) is 0 Å². The van der Waals surface area contributed by atoms with Crippen molar-refractivity contribution in [2.75, 3.05) is 33.4 Å². The molecule has 0 radical (unpaired) electrons. The van der Waals surface area contributed by atoms with Gasteiger partial charge in [-0.15, -0.1) is 0 Å². The van der Waals surface area contributed by atoms with Gasteiger partial charge in [-0.1, -0.05) is 28.1 Å². The van der Waals surface area contributed by atoms with Crippen LogP contribution < -0.4 is 10.1 Å². The Balaban J connectivity index is 1.77. The van der Waals surface area contributed by atoms with E-state index < -0.39 is 0 Å². The van der Waals surface area contributed by atoms with Gasteiger partial charge in [-0.2, -0.15) is 0 Å². The third-order valence-electron chi connectivity index (χ3n) is 3.02. The first-order valence-corrected chi connectivity index (χ1v) is 7.60. The van der Waals surface area contributed by atoms with Gasteiger partial charge in [0.2, 0.25) is 0 Å². The van der Waals surface area contributed by atoms with Gasteiger partial charge >= 0.3 is 0 Å². The Morgan fingerprint density at radius 3 is 2.65 bits per heavy atom. The Labute approximate surface area is 128 Å². The molecule has 2 aromatic rings. The van der Waals surface area contributed by atoms with E-state index in [4.69, 9.17) is 9.47 Å². The molecule has 0 fully saturated rings. The monoisotopic (exact) mass is 337 g/mol. The van der Waals surface area contributed by atoms with Gasteiger partial charge in [0.1, 0.15) is 5.75 Å². The molecule has 0 aliphatic carbocycles. The normalized spacial score (nSPS) is 10.9. The minimum atomic E-state index is 0.724. The van der Waals surface area contributed by atoms with Crippen molar-refractivity contribution in [3.63, 3.8) is 0 Å². The zero-order valence-corrected chi connectivity index (χ0v) is 13.3. The molecule has 4 heteroatoms. The second-order valence-electron chi connectivity index (χ2n) is 4.60. The molecule has 0 bridgehead atoms. The Hall–Kier alpha value is -1.10. The number of methoxy groups -OCH3 is 1. The average molecular weight is 338 g/mol. The standard InChI is InChI=1S/C16H20BrNO2/c1-19-10-8-18-7-2-9-20-16-6-4-13-11-15(17)5-3-14(13)12-16/h3-6,11-12,18H,2,7-10H2,1H3. The van der Waals surface area contributed by atoms with Crippen molar-refractivity contribution >= 4 is 26.7 Å². The quantitative estimate of drug-likeness (QED) is 0.746. The van der Waals surface area contributed by atoms with Crippen LogP contribution in [0.25, 0.3) is 10.8 Å².